The SMILES string of the molecule is C[C@H](CN(CCc1ccc(F)cc1)C(=O)OC(C)(C)C)NS(=O)(=O)c1ccc2cnccc2c1. The van der Waals surface area contributed by atoms with Crippen molar-refractivity contribution in [2.75, 3.05) is 13.1 Å². The normalized spacial score (nSPS) is 13.0. The first-order valence-corrected chi connectivity index (χ1v) is 12.5. The van der Waals surface area contributed by atoms with Crippen LogP contribution in [0.15, 0.2) is 65.8 Å². The van der Waals surface area contributed by atoms with Crippen molar-refractivity contribution in [3.63, 3.8) is 0 Å². The molecule has 0 saturated carbocycles. The van der Waals surface area contributed by atoms with Crippen LogP contribution in [-0.4, -0.2) is 49.1 Å². The molecule has 0 fully saturated rings. The number of hydrogen-bond acceptors (Lipinski definition) is 5. The maximum Gasteiger partial charge on any atom is 0.410 e. The molecule has 34 heavy (non-hydrogen) atoms. The Kier molecular flexibility index (Phi) is 7.89. The number of ether oxygens (including phenoxy) is 1. The number of amides is 1. The van der Waals surface area contributed by atoms with Gasteiger partial charge in [-0.25, -0.2) is 22.3 Å². The first-order valence-electron chi connectivity index (χ1n) is 11.0. The Hall–Kier alpha value is -3.04. The molecule has 0 aliphatic heterocycles. The summed E-state index contributed by atoms with van der Waals surface area (Å²) < 4.78 is 47.3. The van der Waals surface area contributed by atoms with E-state index in [2.05, 4.69) is 9.71 Å². The minimum Gasteiger partial charge on any atom is -0.444 e. The Bertz CT molecular complexity index is 1240. The van der Waals surface area contributed by atoms with Crippen molar-refractivity contribution in [3.8, 4) is 0 Å². The molecule has 3 rings (SSSR count). The molecule has 1 amide bonds. The van der Waals surface area contributed by atoms with E-state index < -0.39 is 27.8 Å². The average Bonchev–Trinajstić information content (AvgIpc) is 2.75. The fourth-order valence-electron chi connectivity index (χ4n) is 3.43. The number of halogens is 1. The molecular weight excluding hydrogens is 457 g/mol. The lowest BCUT2D eigenvalue weighted by molar-refractivity contribution is 0.0241. The van der Waals surface area contributed by atoms with Crippen molar-refractivity contribution in [1.29, 1.82) is 0 Å². The lowest BCUT2D eigenvalue weighted by atomic mass is 10.1. The average molecular weight is 488 g/mol. The van der Waals surface area contributed by atoms with Gasteiger partial charge in [0.1, 0.15) is 11.4 Å². The van der Waals surface area contributed by atoms with Gasteiger partial charge in [0.2, 0.25) is 10.0 Å². The first-order chi connectivity index (χ1) is 15.9. The van der Waals surface area contributed by atoms with Crippen molar-refractivity contribution in [2.24, 2.45) is 0 Å². The zero-order chi connectivity index (χ0) is 24.9. The molecule has 1 heterocycles. The number of pyridine rings is 1. The standard InChI is InChI=1S/C25H30FN3O4S/c1-18(28-34(31,32)23-10-7-21-16-27-13-11-20(21)15-23)17-29(24(30)33-25(2,3)4)14-12-19-5-8-22(26)9-6-19/h5-11,13,15-16,18,28H,12,14,17H2,1-4H3/t18-/m1/s1. The summed E-state index contributed by atoms with van der Waals surface area (Å²) in [7, 11) is -3.82. The summed E-state index contributed by atoms with van der Waals surface area (Å²) in [6.45, 7) is 7.39. The van der Waals surface area contributed by atoms with Crippen LogP contribution in [0.25, 0.3) is 10.8 Å². The van der Waals surface area contributed by atoms with Gasteiger partial charge in [0.05, 0.1) is 4.90 Å². The molecule has 0 spiro atoms. The Morgan fingerprint density at radius 3 is 2.50 bits per heavy atom. The molecule has 7 nitrogen and oxygen atoms in total. The third-order valence-corrected chi connectivity index (χ3v) is 6.60. The molecule has 9 heteroatoms. The van der Waals surface area contributed by atoms with Crippen molar-refractivity contribution >= 4 is 26.9 Å². The summed E-state index contributed by atoms with van der Waals surface area (Å²) in [5, 5.41) is 1.60. The predicted molar refractivity (Wildman–Crippen MR) is 129 cm³/mol. The molecule has 182 valence electrons. The molecule has 0 unspecified atom stereocenters. The summed E-state index contributed by atoms with van der Waals surface area (Å²) in [6, 6.07) is 12.0. The van der Waals surface area contributed by atoms with E-state index in [0.717, 1.165) is 16.3 Å². The van der Waals surface area contributed by atoms with E-state index in [1.54, 1.807) is 70.4 Å². The first kappa shape index (κ1) is 25.6. The van der Waals surface area contributed by atoms with Crippen molar-refractivity contribution in [2.45, 2.75) is 50.7 Å². The number of fused-ring (bicyclic) bond motifs is 1. The summed E-state index contributed by atoms with van der Waals surface area (Å²) in [6.07, 6.45) is 3.20. The largest absolute Gasteiger partial charge is 0.444 e. The van der Waals surface area contributed by atoms with Crippen LogP contribution in [0.4, 0.5) is 9.18 Å². The van der Waals surface area contributed by atoms with Gasteiger partial charge in [0.25, 0.3) is 0 Å². The van der Waals surface area contributed by atoms with E-state index >= 15 is 0 Å². The lowest BCUT2D eigenvalue weighted by Crippen LogP contribution is -2.46. The van der Waals surface area contributed by atoms with E-state index in [1.807, 2.05) is 0 Å². The van der Waals surface area contributed by atoms with E-state index in [0.29, 0.717) is 6.42 Å². The second-order valence-corrected chi connectivity index (χ2v) is 10.9. The maximum absolute atomic E-state index is 13.2. The highest BCUT2D eigenvalue weighted by Gasteiger charge is 2.25. The number of rotatable bonds is 8. The van der Waals surface area contributed by atoms with Crippen molar-refractivity contribution in [3.05, 3.63) is 72.3 Å². The topological polar surface area (TPSA) is 88.6 Å². The zero-order valence-electron chi connectivity index (χ0n) is 19.8. The Morgan fingerprint density at radius 1 is 1.12 bits per heavy atom. The number of sulfonamides is 1. The smallest absolute Gasteiger partial charge is 0.410 e. The zero-order valence-corrected chi connectivity index (χ0v) is 20.6. The van der Waals surface area contributed by atoms with Gasteiger partial charge in [-0.05, 0) is 75.4 Å². The molecule has 1 N–H and O–H groups in total. The summed E-state index contributed by atoms with van der Waals surface area (Å²) >= 11 is 0. The fourth-order valence-corrected chi connectivity index (χ4v) is 4.70. The van der Waals surface area contributed by atoms with Crippen molar-refractivity contribution in [1.82, 2.24) is 14.6 Å². The van der Waals surface area contributed by atoms with Crippen LogP contribution in [0.3, 0.4) is 0 Å². The van der Waals surface area contributed by atoms with E-state index in [4.69, 9.17) is 4.74 Å². The number of aromatic nitrogens is 1. The van der Waals surface area contributed by atoms with Crippen LogP contribution in [0.2, 0.25) is 0 Å². The second kappa shape index (κ2) is 10.5. The van der Waals surface area contributed by atoms with Crippen molar-refractivity contribution < 1.29 is 22.3 Å². The molecule has 0 radical (unpaired) electrons. The van der Waals surface area contributed by atoms with Crippen LogP contribution in [-0.2, 0) is 21.2 Å². The molecule has 0 saturated heterocycles. The molecule has 0 aliphatic rings. The van der Waals surface area contributed by atoms with Gasteiger partial charge in [-0.1, -0.05) is 18.2 Å². The highest BCUT2D eigenvalue weighted by molar-refractivity contribution is 7.89. The Labute approximate surface area is 200 Å². The Morgan fingerprint density at radius 2 is 1.82 bits per heavy atom. The number of benzene rings is 2. The van der Waals surface area contributed by atoms with Gasteiger partial charge in [0.15, 0.2) is 0 Å². The molecule has 1 atom stereocenters. The number of carbonyl (C=O) groups is 1. The lowest BCUT2D eigenvalue weighted by Gasteiger charge is -2.29. The minimum absolute atomic E-state index is 0.104. The summed E-state index contributed by atoms with van der Waals surface area (Å²) in [4.78, 5) is 18.4. The van der Waals surface area contributed by atoms with Gasteiger partial charge in [-0.2, -0.15) is 0 Å². The number of carbonyl (C=O) groups excluding carboxylic acids is 1. The molecule has 2 aromatic carbocycles. The van der Waals surface area contributed by atoms with E-state index in [9.17, 15) is 17.6 Å². The molecular formula is C25H30FN3O4S. The van der Waals surface area contributed by atoms with Gasteiger partial charge in [-0.15, -0.1) is 0 Å². The fraction of sp³-hybridized carbons (Fsp3) is 0.360. The van der Waals surface area contributed by atoms with Crippen LogP contribution in [0.1, 0.15) is 33.3 Å². The van der Waals surface area contributed by atoms with E-state index in [1.165, 1.54) is 23.1 Å². The van der Waals surface area contributed by atoms with Crippen LogP contribution in [0, 0.1) is 5.82 Å². The summed E-state index contributed by atoms with van der Waals surface area (Å²) in [5.74, 6) is -0.333. The van der Waals surface area contributed by atoms with E-state index in [-0.39, 0.29) is 23.8 Å². The monoisotopic (exact) mass is 487 g/mol. The highest BCUT2D eigenvalue weighted by atomic mass is 32.2. The highest BCUT2D eigenvalue weighted by Crippen LogP contribution is 2.19. The minimum atomic E-state index is -3.82. The van der Waals surface area contributed by atoms with Crippen LogP contribution >= 0.6 is 0 Å². The molecule has 0 bridgehead atoms. The Balaban J connectivity index is 1.72. The number of nitrogens with zero attached hydrogens (tertiary/aromatic N) is 2. The number of hydrogen-bond donors (Lipinski definition) is 1. The molecule has 3 aromatic rings. The predicted octanol–water partition coefficient (Wildman–Crippen LogP) is 4.52. The molecule has 0 aliphatic carbocycles. The summed E-state index contributed by atoms with van der Waals surface area (Å²) in [5.41, 5.74) is 0.155. The quantitative estimate of drug-likeness (QED) is 0.505. The van der Waals surface area contributed by atoms with Gasteiger partial charge in [0, 0.05) is 36.9 Å². The third-order valence-electron chi connectivity index (χ3n) is 5.01. The van der Waals surface area contributed by atoms with Gasteiger partial charge < -0.3 is 9.64 Å². The van der Waals surface area contributed by atoms with Gasteiger partial charge >= 0.3 is 6.09 Å². The maximum atomic E-state index is 13.2. The van der Waals surface area contributed by atoms with Crippen LogP contribution in [0.5, 0.6) is 0 Å². The van der Waals surface area contributed by atoms with Gasteiger partial charge in [-0.3, -0.25) is 4.98 Å². The molecule has 1 aromatic heterocycles. The van der Waals surface area contributed by atoms with Crippen LogP contribution < -0.4 is 4.72 Å². The second-order valence-electron chi connectivity index (χ2n) is 9.21. The number of nitrogens with one attached hydrogen (secondary N) is 1. The third kappa shape index (κ3) is 7.23.